The van der Waals surface area contributed by atoms with Gasteiger partial charge in [0, 0.05) is 18.9 Å². The van der Waals surface area contributed by atoms with Gasteiger partial charge in [-0.25, -0.2) is 4.98 Å². The molecule has 0 bridgehead atoms. The molecule has 5 nitrogen and oxygen atoms in total. The summed E-state index contributed by atoms with van der Waals surface area (Å²) in [6, 6.07) is 7.33. The maximum Gasteiger partial charge on any atom is 0.130 e. The van der Waals surface area contributed by atoms with Gasteiger partial charge >= 0.3 is 0 Å². The van der Waals surface area contributed by atoms with Crippen LogP contribution in [-0.4, -0.2) is 22.0 Å². The predicted molar refractivity (Wildman–Crippen MR) is 69.8 cm³/mol. The Kier molecular flexibility index (Phi) is 3.96. The van der Waals surface area contributed by atoms with Gasteiger partial charge in [-0.15, -0.1) is 0 Å². The molecule has 0 aliphatic carbocycles. The lowest BCUT2D eigenvalue weighted by Gasteiger charge is -2.10. The minimum absolute atomic E-state index is 0.0280. The van der Waals surface area contributed by atoms with Crippen molar-refractivity contribution >= 4 is 5.84 Å². The van der Waals surface area contributed by atoms with E-state index in [0.717, 1.165) is 13.0 Å². The van der Waals surface area contributed by atoms with Crippen molar-refractivity contribution in [3.63, 3.8) is 0 Å². The number of nitrogens with one attached hydrogen (secondary N) is 1. The fourth-order valence-corrected chi connectivity index (χ4v) is 1.66. The normalized spacial score (nSPS) is 10.2. The van der Waals surface area contributed by atoms with Crippen LogP contribution in [0.25, 0.3) is 0 Å². The smallest absolute Gasteiger partial charge is 0.130 e. The first-order chi connectivity index (χ1) is 8.77. The van der Waals surface area contributed by atoms with E-state index < -0.39 is 0 Å². The summed E-state index contributed by atoms with van der Waals surface area (Å²) in [5, 5.41) is 7.46. The Labute approximate surface area is 106 Å². The van der Waals surface area contributed by atoms with Gasteiger partial charge in [0.25, 0.3) is 0 Å². The molecule has 2 rings (SSSR count). The van der Waals surface area contributed by atoms with Gasteiger partial charge in [-0.1, -0.05) is 12.1 Å². The van der Waals surface area contributed by atoms with Gasteiger partial charge in [-0.2, -0.15) is 0 Å². The molecule has 1 heterocycles. The van der Waals surface area contributed by atoms with Gasteiger partial charge in [0.05, 0.1) is 18.5 Å². The number of ether oxygens (including phenoxy) is 1. The number of benzene rings is 1. The summed E-state index contributed by atoms with van der Waals surface area (Å²) in [5.74, 6) is 0.691. The molecule has 94 valence electrons. The Balaban J connectivity index is 1.85. The Morgan fingerprint density at radius 3 is 2.94 bits per heavy atom. The monoisotopic (exact) mass is 244 g/mol. The van der Waals surface area contributed by atoms with E-state index in [1.54, 1.807) is 18.6 Å². The minimum atomic E-state index is 0.0280. The highest BCUT2D eigenvalue weighted by molar-refractivity contribution is 5.97. The van der Waals surface area contributed by atoms with Crippen LogP contribution in [0.5, 0.6) is 5.75 Å². The zero-order valence-electron chi connectivity index (χ0n) is 10.0. The fourth-order valence-electron chi connectivity index (χ4n) is 1.66. The highest BCUT2D eigenvalue weighted by atomic mass is 16.5. The summed E-state index contributed by atoms with van der Waals surface area (Å²) in [7, 11) is 0. The van der Waals surface area contributed by atoms with E-state index >= 15 is 0 Å². The molecule has 0 fully saturated rings. The predicted octanol–water partition coefficient (Wildman–Crippen LogP) is 1.64. The summed E-state index contributed by atoms with van der Waals surface area (Å²) in [6.45, 7) is 1.45. The minimum Gasteiger partial charge on any atom is -0.493 e. The first kappa shape index (κ1) is 12.2. The number of aromatic nitrogens is 2. The van der Waals surface area contributed by atoms with Crippen LogP contribution in [0.15, 0.2) is 43.0 Å². The number of hydrogen-bond donors (Lipinski definition) is 2. The van der Waals surface area contributed by atoms with Crippen molar-refractivity contribution in [3.05, 3.63) is 48.5 Å². The standard InChI is InChI=1S/C13H16N4O/c14-13(15)11-4-1-2-5-12(11)18-9-3-7-17-8-6-16-10-17/h1-2,4-6,8,10H,3,7,9H2,(H3,14,15). The van der Waals surface area contributed by atoms with Gasteiger partial charge in [0.15, 0.2) is 0 Å². The molecule has 0 saturated carbocycles. The highest BCUT2D eigenvalue weighted by Crippen LogP contribution is 2.17. The Morgan fingerprint density at radius 2 is 2.22 bits per heavy atom. The SMILES string of the molecule is N=C(N)c1ccccc1OCCCn1ccnc1. The summed E-state index contributed by atoms with van der Waals surface area (Å²) >= 11 is 0. The molecule has 3 N–H and O–H groups in total. The van der Waals surface area contributed by atoms with Crippen molar-refractivity contribution in [3.8, 4) is 5.75 Å². The molecule has 5 heteroatoms. The molecule has 0 aliphatic heterocycles. The Bertz CT molecular complexity index is 507. The molecule has 0 unspecified atom stereocenters. The molecule has 0 amide bonds. The molecular weight excluding hydrogens is 228 g/mol. The first-order valence-corrected chi connectivity index (χ1v) is 5.79. The Hall–Kier alpha value is -2.30. The number of rotatable bonds is 6. The summed E-state index contributed by atoms with van der Waals surface area (Å²) < 4.78 is 7.64. The van der Waals surface area contributed by atoms with Gasteiger partial charge in [-0.05, 0) is 18.6 Å². The second-order valence-corrected chi connectivity index (χ2v) is 3.91. The molecule has 2 aromatic rings. The molecule has 1 aromatic heterocycles. The fraction of sp³-hybridized carbons (Fsp3) is 0.231. The molecule has 0 radical (unpaired) electrons. The topological polar surface area (TPSA) is 76.9 Å². The maximum absolute atomic E-state index is 7.46. The lowest BCUT2D eigenvalue weighted by Crippen LogP contribution is -2.13. The van der Waals surface area contributed by atoms with Gasteiger partial charge in [0.2, 0.25) is 0 Å². The molecule has 0 aliphatic rings. The van der Waals surface area contributed by atoms with E-state index in [2.05, 4.69) is 4.98 Å². The summed E-state index contributed by atoms with van der Waals surface area (Å²) in [5.41, 5.74) is 6.13. The number of nitrogens with zero attached hydrogens (tertiary/aromatic N) is 2. The van der Waals surface area contributed by atoms with Gasteiger partial charge < -0.3 is 15.0 Å². The van der Waals surface area contributed by atoms with Crippen molar-refractivity contribution in [2.45, 2.75) is 13.0 Å². The highest BCUT2D eigenvalue weighted by Gasteiger charge is 2.04. The first-order valence-electron chi connectivity index (χ1n) is 5.79. The lowest BCUT2D eigenvalue weighted by molar-refractivity contribution is 0.301. The van der Waals surface area contributed by atoms with E-state index in [1.807, 2.05) is 29.0 Å². The summed E-state index contributed by atoms with van der Waals surface area (Å²) in [6.07, 6.45) is 6.33. The maximum atomic E-state index is 7.46. The number of hydrogen-bond acceptors (Lipinski definition) is 3. The van der Waals surface area contributed by atoms with Crippen LogP contribution in [0.1, 0.15) is 12.0 Å². The molecule has 18 heavy (non-hydrogen) atoms. The van der Waals surface area contributed by atoms with Crippen LogP contribution in [-0.2, 0) is 6.54 Å². The van der Waals surface area contributed by atoms with E-state index in [-0.39, 0.29) is 5.84 Å². The second kappa shape index (κ2) is 5.86. The van der Waals surface area contributed by atoms with E-state index in [1.165, 1.54) is 0 Å². The second-order valence-electron chi connectivity index (χ2n) is 3.91. The van der Waals surface area contributed by atoms with Crippen LogP contribution < -0.4 is 10.5 Å². The van der Waals surface area contributed by atoms with Crippen LogP contribution in [0, 0.1) is 5.41 Å². The number of nitrogens with two attached hydrogens (primary N) is 1. The van der Waals surface area contributed by atoms with Gasteiger partial charge in [0.1, 0.15) is 11.6 Å². The van der Waals surface area contributed by atoms with Gasteiger partial charge in [-0.3, -0.25) is 5.41 Å². The van der Waals surface area contributed by atoms with Crippen molar-refractivity contribution < 1.29 is 4.74 Å². The van der Waals surface area contributed by atoms with Crippen molar-refractivity contribution in [1.29, 1.82) is 5.41 Å². The van der Waals surface area contributed by atoms with E-state index in [0.29, 0.717) is 17.9 Å². The summed E-state index contributed by atoms with van der Waals surface area (Å²) in [4.78, 5) is 3.97. The van der Waals surface area contributed by atoms with Crippen LogP contribution in [0.2, 0.25) is 0 Å². The number of amidine groups is 1. The average Bonchev–Trinajstić information content (AvgIpc) is 2.88. The molecule has 1 aromatic carbocycles. The van der Waals surface area contributed by atoms with Crippen molar-refractivity contribution in [2.24, 2.45) is 5.73 Å². The zero-order valence-corrected chi connectivity index (χ0v) is 10.0. The van der Waals surface area contributed by atoms with Crippen LogP contribution in [0.4, 0.5) is 0 Å². The lowest BCUT2D eigenvalue weighted by atomic mass is 10.2. The van der Waals surface area contributed by atoms with E-state index in [4.69, 9.17) is 15.9 Å². The van der Waals surface area contributed by atoms with Crippen LogP contribution in [0.3, 0.4) is 0 Å². The molecular formula is C13H16N4O. The molecule has 0 atom stereocenters. The number of imidazole rings is 1. The number of aryl methyl sites for hydroxylation is 1. The van der Waals surface area contributed by atoms with Crippen molar-refractivity contribution in [2.75, 3.05) is 6.61 Å². The molecule has 0 saturated heterocycles. The largest absolute Gasteiger partial charge is 0.493 e. The van der Waals surface area contributed by atoms with Crippen molar-refractivity contribution in [1.82, 2.24) is 9.55 Å². The molecule has 0 spiro atoms. The quantitative estimate of drug-likeness (QED) is 0.460. The number of para-hydroxylation sites is 1. The van der Waals surface area contributed by atoms with Crippen LogP contribution >= 0.6 is 0 Å². The van der Waals surface area contributed by atoms with E-state index in [9.17, 15) is 0 Å². The third-order valence-corrected chi connectivity index (χ3v) is 2.55. The third kappa shape index (κ3) is 3.10. The average molecular weight is 244 g/mol. The number of nitrogen functional groups attached to an aromatic ring is 1. The Morgan fingerprint density at radius 1 is 1.39 bits per heavy atom. The zero-order chi connectivity index (χ0) is 12.8. The third-order valence-electron chi connectivity index (χ3n) is 2.55.